The first-order valence-corrected chi connectivity index (χ1v) is 7.97. The Bertz CT molecular complexity index is 715. The lowest BCUT2D eigenvalue weighted by molar-refractivity contribution is -0.117. The van der Waals surface area contributed by atoms with Crippen molar-refractivity contribution in [3.63, 3.8) is 0 Å². The number of hydrogen-bond donors (Lipinski definition) is 1. The van der Waals surface area contributed by atoms with Crippen molar-refractivity contribution in [2.45, 2.75) is 11.7 Å². The number of esters is 1. The molecule has 0 radical (unpaired) electrons. The molecule has 1 aromatic carbocycles. The van der Waals surface area contributed by atoms with E-state index in [4.69, 9.17) is 9.88 Å². The highest BCUT2D eigenvalue weighted by molar-refractivity contribution is 7.89. The molecule has 0 saturated carbocycles. The van der Waals surface area contributed by atoms with Crippen molar-refractivity contribution >= 4 is 27.6 Å². The summed E-state index contributed by atoms with van der Waals surface area (Å²) in [7, 11) is -1.16. The largest absolute Gasteiger partial charge is 0.495 e. The lowest BCUT2D eigenvalue weighted by atomic mass is 10.1. The third-order valence-corrected chi connectivity index (χ3v) is 4.69. The molecule has 0 aromatic heterocycles. The fraction of sp³-hybridized carbons (Fsp3) is 0.385. The number of carbonyl (C=O) groups excluding carboxylic acids is 2. The maximum atomic E-state index is 12.0. The number of hydrogen-bond acceptors (Lipinski definition) is 6. The van der Waals surface area contributed by atoms with E-state index in [1.165, 1.54) is 37.3 Å². The van der Waals surface area contributed by atoms with Crippen molar-refractivity contribution in [1.82, 2.24) is 0 Å². The van der Waals surface area contributed by atoms with Crippen molar-refractivity contribution in [3.8, 4) is 5.75 Å². The van der Waals surface area contributed by atoms with E-state index in [9.17, 15) is 18.0 Å². The predicted octanol–water partition coefficient (Wildman–Crippen LogP) is -0.124. The van der Waals surface area contributed by atoms with Gasteiger partial charge in [-0.2, -0.15) is 0 Å². The summed E-state index contributed by atoms with van der Waals surface area (Å²) in [6.45, 7) is -0.0500. The van der Waals surface area contributed by atoms with E-state index in [-0.39, 0.29) is 30.2 Å². The van der Waals surface area contributed by atoms with Crippen LogP contribution in [-0.4, -0.2) is 46.3 Å². The molecule has 0 bridgehead atoms. The van der Waals surface area contributed by atoms with Crippen LogP contribution in [0.3, 0.4) is 0 Å². The second kappa shape index (κ2) is 5.93. The van der Waals surface area contributed by atoms with Crippen LogP contribution >= 0.6 is 0 Å². The monoisotopic (exact) mass is 328 g/mol. The molecule has 120 valence electrons. The first-order chi connectivity index (χ1) is 10.3. The van der Waals surface area contributed by atoms with E-state index in [1.54, 1.807) is 0 Å². The van der Waals surface area contributed by atoms with Crippen LogP contribution in [0.1, 0.15) is 16.8 Å². The molecule has 1 saturated heterocycles. The molecular formula is C13H16N2O6S. The molecule has 1 heterocycles. The summed E-state index contributed by atoms with van der Waals surface area (Å²) < 4.78 is 32.6. The Hall–Kier alpha value is -2.13. The van der Waals surface area contributed by atoms with Crippen LogP contribution in [0.2, 0.25) is 0 Å². The van der Waals surface area contributed by atoms with Gasteiger partial charge in [-0.05, 0) is 18.2 Å². The summed E-state index contributed by atoms with van der Waals surface area (Å²) in [6.07, 6.45) is -0.180. The van der Waals surface area contributed by atoms with E-state index in [1.807, 2.05) is 0 Å². The first-order valence-electron chi connectivity index (χ1n) is 6.36. The van der Waals surface area contributed by atoms with Gasteiger partial charge < -0.3 is 14.4 Å². The summed E-state index contributed by atoms with van der Waals surface area (Å²) in [4.78, 5) is 24.8. The third-order valence-electron chi connectivity index (χ3n) is 3.45. The highest BCUT2D eigenvalue weighted by atomic mass is 32.2. The Balaban J connectivity index is 2.37. The van der Waals surface area contributed by atoms with Crippen molar-refractivity contribution < 1.29 is 27.5 Å². The number of ether oxygens (including phenoxy) is 2. The van der Waals surface area contributed by atoms with Crippen LogP contribution in [0.5, 0.6) is 5.75 Å². The van der Waals surface area contributed by atoms with Gasteiger partial charge in [0.25, 0.3) is 0 Å². The van der Waals surface area contributed by atoms with Crippen LogP contribution < -0.4 is 14.8 Å². The number of benzene rings is 1. The number of carbonyl (C=O) groups is 2. The fourth-order valence-electron chi connectivity index (χ4n) is 2.27. The number of anilines is 1. The molecule has 1 aliphatic rings. The van der Waals surface area contributed by atoms with E-state index >= 15 is 0 Å². The van der Waals surface area contributed by atoms with Gasteiger partial charge in [-0.3, -0.25) is 4.79 Å². The fourth-order valence-corrected chi connectivity index (χ4v) is 3.00. The highest BCUT2D eigenvalue weighted by Gasteiger charge is 2.38. The molecule has 2 rings (SSSR count). The summed E-state index contributed by atoms with van der Waals surface area (Å²) in [5.41, 5.74) is 0.643. The first kappa shape index (κ1) is 16.2. The second-order valence-electron chi connectivity index (χ2n) is 4.80. The van der Waals surface area contributed by atoms with E-state index in [0.29, 0.717) is 5.69 Å². The number of nitrogens with two attached hydrogens (primary N) is 1. The van der Waals surface area contributed by atoms with Gasteiger partial charge in [-0.1, -0.05) is 0 Å². The van der Waals surface area contributed by atoms with Gasteiger partial charge in [0.05, 0.1) is 25.5 Å². The Kier molecular flexibility index (Phi) is 4.38. The summed E-state index contributed by atoms with van der Waals surface area (Å²) in [5.74, 6) is -0.644. The summed E-state index contributed by atoms with van der Waals surface area (Å²) in [6, 6.07) is 4.41. The van der Waals surface area contributed by atoms with Gasteiger partial charge in [0.1, 0.15) is 11.0 Å². The minimum Gasteiger partial charge on any atom is -0.495 e. The second-order valence-corrected chi connectivity index (χ2v) is 6.64. The van der Waals surface area contributed by atoms with Crippen LogP contribution in [0.25, 0.3) is 0 Å². The van der Waals surface area contributed by atoms with Crippen LogP contribution in [-0.2, 0) is 19.6 Å². The number of methoxy groups -OCH3 is 2. The highest BCUT2D eigenvalue weighted by Crippen LogP contribution is 2.33. The van der Waals surface area contributed by atoms with Gasteiger partial charge in [0, 0.05) is 13.0 Å². The van der Waals surface area contributed by atoms with Crippen LogP contribution in [0, 0.1) is 0 Å². The van der Waals surface area contributed by atoms with Crippen molar-refractivity contribution in [1.29, 1.82) is 0 Å². The lowest BCUT2D eigenvalue weighted by Crippen LogP contribution is -2.32. The molecule has 1 aromatic rings. The molecule has 9 heteroatoms. The predicted molar refractivity (Wildman–Crippen MR) is 78.2 cm³/mol. The smallest absolute Gasteiger partial charge is 0.337 e. The number of sulfonamides is 1. The molecule has 2 N–H and O–H groups in total. The zero-order valence-electron chi connectivity index (χ0n) is 12.1. The Morgan fingerprint density at radius 2 is 2.05 bits per heavy atom. The molecular weight excluding hydrogens is 312 g/mol. The van der Waals surface area contributed by atoms with Gasteiger partial charge in [-0.15, -0.1) is 0 Å². The van der Waals surface area contributed by atoms with E-state index < -0.39 is 21.2 Å². The van der Waals surface area contributed by atoms with Crippen molar-refractivity contribution in [2.75, 3.05) is 25.7 Å². The average Bonchev–Trinajstić information content (AvgIpc) is 2.87. The molecule has 1 amide bonds. The quantitative estimate of drug-likeness (QED) is 0.770. The van der Waals surface area contributed by atoms with Crippen molar-refractivity contribution in [3.05, 3.63) is 23.8 Å². The Morgan fingerprint density at radius 1 is 1.36 bits per heavy atom. The van der Waals surface area contributed by atoms with E-state index in [0.717, 1.165) is 0 Å². The molecule has 1 aliphatic heterocycles. The van der Waals surface area contributed by atoms with E-state index in [2.05, 4.69) is 4.74 Å². The Morgan fingerprint density at radius 3 is 2.55 bits per heavy atom. The summed E-state index contributed by atoms with van der Waals surface area (Å²) in [5, 5.41) is 4.14. The van der Waals surface area contributed by atoms with Gasteiger partial charge in [0.15, 0.2) is 0 Å². The van der Waals surface area contributed by atoms with Gasteiger partial charge >= 0.3 is 5.97 Å². The van der Waals surface area contributed by atoms with Gasteiger partial charge in [0.2, 0.25) is 15.9 Å². The minimum atomic E-state index is -3.80. The number of amides is 1. The molecule has 0 spiro atoms. The number of rotatable bonds is 4. The topological polar surface area (TPSA) is 116 Å². The molecule has 1 atom stereocenters. The Labute approximate surface area is 127 Å². The number of nitrogens with zero attached hydrogens (tertiary/aromatic N) is 1. The SMILES string of the molecule is COC(=O)c1ccc(N2CC(S(N)(=O)=O)CC2=O)c(OC)c1. The van der Waals surface area contributed by atoms with Crippen LogP contribution in [0.4, 0.5) is 5.69 Å². The maximum absolute atomic E-state index is 12.0. The molecule has 1 unspecified atom stereocenters. The summed E-state index contributed by atoms with van der Waals surface area (Å²) >= 11 is 0. The normalized spacial score (nSPS) is 18.4. The van der Waals surface area contributed by atoms with Gasteiger partial charge in [-0.25, -0.2) is 18.4 Å². The zero-order valence-corrected chi connectivity index (χ0v) is 12.9. The average molecular weight is 328 g/mol. The molecule has 8 nitrogen and oxygen atoms in total. The molecule has 1 fully saturated rings. The molecule has 22 heavy (non-hydrogen) atoms. The number of primary sulfonamides is 1. The van der Waals surface area contributed by atoms with Crippen molar-refractivity contribution in [2.24, 2.45) is 5.14 Å². The van der Waals surface area contributed by atoms with Crippen LogP contribution in [0.15, 0.2) is 18.2 Å². The molecule has 0 aliphatic carbocycles. The third kappa shape index (κ3) is 3.04. The minimum absolute atomic E-state index is 0.0500. The zero-order chi connectivity index (χ0) is 16.5. The standard InChI is InChI=1S/C13H16N2O6S/c1-20-11-5-8(13(17)21-2)3-4-10(11)15-7-9(6-12(15)16)22(14,18)19/h3-5,9H,6-7H2,1-2H3,(H2,14,18,19). The maximum Gasteiger partial charge on any atom is 0.337 e. The lowest BCUT2D eigenvalue weighted by Gasteiger charge is -2.19.